The lowest BCUT2D eigenvalue weighted by Gasteiger charge is -2.10. The van der Waals surface area contributed by atoms with Crippen LogP contribution >= 0.6 is 27.5 Å². The van der Waals surface area contributed by atoms with Crippen molar-refractivity contribution in [3.05, 3.63) is 62.6 Å². The van der Waals surface area contributed by atoms with Crippen molar-refractivity contribution in [1.29, 1.82) is 0 Å². The summed E-state index contributed by atoms with van der Waals surface area (Å²) in [5, 5.41) is 3.83. The summed E-state index contributed by atoms with van der Waals surface area (Å²) in [6.45, 7) is 2.61. The van der Waals surface area contributed by atoms with Crippen molar-refractivity contribution in [2.24, 2.45) is 5.73 Å². The molecule has 0 aliphatic carbocycles. The highest BCUT2D eigenvalue weighted by molar-refractivity contribution is 9.10. The number of carbonyl (C=O) groups is 1. The summed E-state index contributed by atoms with van der Waals surface area (Å²) in [6.07, 6.45) is 0. The molecule has 2 rings (SSSR count). The van der Waals surface area contributed by atoms with E-state index < -0.39 is 5.91 Å². The number of halogens is 2. The minimum Gasteiger partial charge on any atom is -0.381 e. The van der Waals surface area contributed by atoms with E-state index in [-0.39, 0.29) is 0 Å². The molecule has 104 valence electrons. The minimum atomic E-state index is -0.477. The van der Waals surface area contributed by atoms with Crippen LogP contribution in [0.3, 0.4) is 0 Å². The van der Waals surface area contributed by atoms with Gasteiger partial charge in [0.05, 0.1) is 0 Å². The molecule has 0 heterocycles. The van der Waals surface area contributed by atoms with Gasteiger partial charge >= 0.3 is 0 Å². The van der Waals surface area contributed by atoms with Crippen LogP contribution in [-0.4, -0.2) is 5.91 Å². The summed E-state index contributed by atoms with van der Waals surface area (Å²) in [4.78, 5) is 11.1. The Morgan fingerprint density at radius 3 is 2.65 bits per heavy atom. The van der Waals surface area contributed by atoms with Crippen LogP contribution in [0.5, 0.6) is 0 Å². The molecular formula is C15H14BrClN2O. The van der Waals surface area contributed by atoms with E-state index in [4.69, 9.17) is 17.3 Å². The molecule has 0 fully saturated rings. The van der Waals surface area contributed by atoms with Gasteiger partial charge in [0.15, 0.2) is 0 Å². The summed E-state index contributed by atoms with van der Waals surface area (Å²) in [5.41, 5.74) is 8.71. The zero-order chi connectivity index (χ0) is 14.7. The number of amides is 1. The molecule has 0 bridgehead atoms. The maximum Gasteiger partial charge on any atom is 0.248 e. The average molecular weight is 354 g/mol. The maximum absolute atomic E-state index is 11.1. The second-order valence-corrected chi connectivity index (χ2v) is 5.75. The monoisotopic (exact) mass is 352 g/mol. The summed E-state index contributed by atoms with van der Waals surface area (Å²) >= 11 is 9.61. The Morgan fingerprint density at radius 1 is 1.30 bits per heavy atom. The Balaban J connectivity index is 2.10. The Labute approximate surface area is 131 Å². The number of rotatable bonds is 4. The molecule has 0 unspecified atom stereocenters. The molecule has 0 saturated heterocycles. The number of hydrogen-bond acceptors (Lipinski definition) is 2. The maximum atomic E-state index is 11.1. The molecular weight excluding hydrogens is 340 g/mol. The van der Waals surface area contributed by atoms with Gasteiger partial charge in [0.25, 0.3) is 0 Å². The van der Waals surface area contributed by atoms with Gasteiger partial charge in [-0.25, -0.2) is 0 Å². The Bertz CT molecular complexity index is 658. The molecule has 0 aliphatic heterocycles. The topological polar surface area (TPSA) is 55.1 Å². The molecule has 20 heavy (non-hydrogen) atoms. The molecule has 3 nitrogen and oxygen atoms in total. The number of nitrogens with one attached hydrogen (secondary N) is 1. The number of anilines is 1. The number of carbonyl (C=O) groups excluding carboxylic acids is 1. The van der Waals surface area contributed by atoms with Crippen LogP contribution in [0.1, 0.15) is 21.5 Å². The van der Waals surface area contributed by atoms with Gasteiger partial charge in [0.1, 0.15) is 0 Å². The predicted octanol–water partition coefficient (Wildman–Crippen LogP) is 4.12. The largest absolute Gasteiger partial charge is 0.381 e. The Kier molecular flexibility index (Phi) is 4.68. The number of hydrogen-bond donors (Lipinski definition) is 2. The zero-order valence-electron chi connectivity index (χ0n) is 10.9. The summed E-state index contributed by atoms with van der Waals surface area (Å²) < 4.78 is 1.08. The third-order valence-corrected chi connectivity index (χ3v) is 4.22. The molecule has 0 spiro atoms. The van der Waals surface area contributed by atoms with Crippen LogP contribution in [0.2, 0.25) is 5.02 Å². The second-order valence-electron chi connectivity index (χ2n) is 4.49. The SMILES string of the molecule is Cc1cc(NCc2ccc(C(N)=O)cc2Cl)ccc1Br. The molecule has 1 amide bonds. The van der Waals surface area contributed by atoms with E-state index in [0.29, 0.717) is 17.1 Å². The van der Waals surface area contributed by atoms with Crippen molar-refractivity contribution in [2.75, 3.05) is 5.32 Å². The van der Waals surface area contributed by atoms with E-state index in [0.717, 1.165) is 21.3 Å². The summed E-state index contributed by atoms with van der Waals surface area (Å²) in [6, 6.07) is 11.1. The van der Waals surface area contributed by atoms with Gasteiger partial charge < -0.3 is 11.1 Å². The normalized spacial score (nSPS) is 10.3. The molecule has 0 saturated carbocycles. The first-order valence-corrected chi connectivity index (χ1v) is 7.22. The van der Waals surface area contributed by atoms with Crippen molar-refractivity contribution in [3.8, 4) is 0 Å². The van der Waals surface area contributed by atoms with Crippen molar-refractivity contribution in [1.82, 2.24) is 0 Å². The van der Waals surface area contributed by atoms with Crippen molar-refractivity contribution >= 4 is 39.1 Å². The second kappa shape index (κ2) is 6.29. The highest BCUT2D eigenvalue weighted by Gasteiger charge is 2.06. The van der Waals surface area contributed by atoms with Gasteiger partial charge in [-0.15, -0.1) is 0 Å². The van der Waals surface area contributed by atoms with Gasteiger partial charge in [-0.1, -0.05) is 33.6 Å². The van der Waals surface area contributed by atoms with Crippen LogP contribution in [0.15, 0.2) is 40.9 Å². The first-order chi connectivity index (χ1) is 9.47. The van der Waals surface area contributed by atoms with E-state index in [9.17, 15) is 4.79 Å². The highest BCUT2D eigenvalue weighted by atomic mass is 79.9. The minimum absolute atomic E-state index is 0.415. The molecule has 3 N–H and O–H groups in total. The molecule has 5 heteroatoms. The zero-order valence-corrected chi connectivity index (χ0v) is 13.3. The average Bonchev–Trinajstić information content (AvgIpc) is 2.41. The molecule has 2 aromatic rings. The van der Waals surface area contributed by atoms with Gasteiger partial charge in [0, 0.05) is 27.3 Å². The van der Waals surface area contributed by atoms with Crippen LogP contribution in [0.25, 0.3) is 0 Å². The van der Waals surface area contributed by atoms with Gasteiger partial charge in [-0.05, 0) is 48.4 Å². The van der Waals surface area contributed by atoms with Crippen LogP contribution < -0.4 is 11.1 Å². The number of primary amides is 1. The van der Waals surface area contributed by atoms with Crippen LogP contribution in [0, 0.1) is 6.92 Å². The lowest BCUT2D eigenvalue weighted by atomic mass is 10.1. The lowest BCUT2D eigenvalue weighted by Crippen LogP contribution is -2.11. The first kappa shape index (κ1) is 14.9. The number of benzene rings is 2. The van der Waals surface area contributed by atoms with Crippen molar-refractivity contribution < 1.29 is 4.79 Å². The Hall–Kier alpha value is -1.52. The number of aryl methyl sites for hydroxylation is 1. The van der Waals surface area contributed by atoms with Gasteiger partial charge in [-0.3, -0.25) is 4.79 Å². The first-order valence-electron chi connectivity index (χ1n) is 6.05. The highest BCUT2D eigenvalue weighted by Crippen LogP contribution is 2.22. The smallest absolute Gasteiger partial charge is 0.248 e. The molecule has 0 aromatic heterocycles. The van der Waals surface area contributed by atoms with E-state index in [1.54, 1.807) is 18.2 Å². The fraction of sp³-hybridized carbons (Fsp3) is 0.133. The number of nitrogens with two attached hydrogens (primary N) is 1. The standard InChI is InChI=1S/C15H14BrClN2O/c1-9-6-12(4-5-13(9)16)19-8-11-3-2-10(15(18)20)7-14(11)17/h2-7,19H,8H2,1H3,(H2,18,20). The van der Waals surface area contributed by atoms with E-state index in [1.165, 1.54) is 0 Å². The third-order valence-electron chi connectivity index (χ3n) is 2.98. The van der Waals surface area contributed by atoms with Crippen molar-refractivity contribution in [2.45, 2.75) is 13.5 Å². The predicted molar refractivity (Wildman–Crippen MR) is 86.2 cm³/mol. The van der Waals surface area contributed by atoms with Crippen molar-refractivity contribution in [3.63, 3.8) is 0 Å². The molecule has 0 radical (unpaired) electrons. The quantitative estimate of drug-likeness (QED) is 0.868. The van der Waals surface area contributed by atoms with Crippen LogP contribution in [0.4, 0.5) is 5.69 Å². The van der Waals surface area contributed by atoms with Gasteiger partial charge in [-0.2, -0.15) is 0 Å². The third kappa shape index (κ3) is 3.52. The molecule has 0 atom stereocenters. The summed E-state index contributed by atoms with van der Waals surface area (Å²) in [7, 11) is 0. The summed E-state index contributed by atoms with van der Waals surface area (Å²) in [5.74, 6) is -0.477. The van der Waals surface area contributed by atoms with E-state index in [2.05, 4.69) is 27.3 Å². The van der Waals surface area contributed by atoms with Gasteiger partial charge in [0.2, 0.25) is 5.91 Å². The van der Waals surface area contributed by atoms with E-state index >= 15 is 0 Å². The Morgan fingerprint density at radius 2 is 2.05 bits per heavy atom. The fourth-order valence-corrected chi connectivity index (χ4v) is 2.29. The lowest BCUT2D eigenvalue weighted by molar-refractivity contribution is 0.100. The fourth-order valence-electron chi connectivity index (χ4n) is 1.80. The van der Waals surface area contributed by atoms with Crippen LogP contribution in [-0.2, 0) is 6.54 Å². The van der Waals surface area contributed by atoms with E-state index in [1.807, 2.05) is 19.1 Å². The molecule has 0 aliphatic rings. The molecule has 2 aromatic carbocycles.